The van der Waals surface area contributed by atoms with E-state index >= 15 is 0 Å². The van der Waals surface area contributed by atoms with Crippen molar-refractivity contribution < 1.29 is 9.15 Å². The molecule has 0 N–H and O–H groups in total. The van der Waals surface area contributed by atoms with Crippen LogP contribution < -0.4 is 4.74 Å². The lowest BCUT2D eigenvalue weighted by Crippen LogP contribution is -2.28. The molecule has 0 aliphatic carbocycles. The fourth-order valence-electron chi connectivity index (χ4n) is 3.55. The van der Waals surface area contributed by atoms with Gasteiger partial charge in [0.15, 0.2) is 0 Å². The largest absolute Gasteiger partial charge is 0.497 e. The predicted molar refractivity (Wildman–Crippen MR) is 102 cm³/mol. The van der Waals surface area contributed by atoms with E-state index in [-0.39, 0.29) is 0 Å². The second-order valence-electron chi connectivity index (χ2n) is 6.59. The second-order valence-corrected chi connectivity index (χ2v) is 7.53. The number of methoxy groups -OCH3 is 1. The third-order valence-electron chi connectivity index (χ3n) is 4.90. The van der Waals surface area contributed by atoms with Gasteiger partial charge in [0, 0.05) is 6.04 Å². The third-order valence-corrected chi connectivity index (χ3v) is 5.76. The molecule has 26 heavy (non-hydrogen) atoms. The van der Waals surface area contributed by atoms with Crippen molar-refractivity contribution in [1.29, 1.82) is 0 Å². The van der Waals surface area contributed by atoms with Crippen LogP contribution in [-0.2, 0) is 6.54 Å². The minimum Gasteiger partial charge on any atom is -0.497 e. The third kappa shape index (κ3) is 3.81. The first-order chi connectivity index (χ1) is 12.8. The SMILES string of the molecule is COc1ccc(C2CCCCCN2Cc2nnc(-c3cccs3)o2)cc1. The number of aromatic nitrogens is 2. The minimum atomic E-state index is 0.375. The first kappa shape index (κ1) is 17.2. The number of likely N-dealkylation sites (tertiary alicyclic amines) is 1. The van der Waals surface area contributed by atoms with Crippen molar-refractivity contribution in [1.82, 2.24) is 15.1 Å². The van der Waals surface area contributed by atoms with Gasteiger partial charge in [-0.3, -0.25) is 4.90 Å². The Balaban J connectivity index is 1.53. The zero-order chi connectivity index (χ0) is 17.8. The molecule has 5 nitrogen and oxygen atoms in total. The number of hydrogen-bond acceptors (Lipinski definition) is 6. The number of thiophene rings is 1. The summed E-state index contributed by atoms with van der Waals surface area (Å²) in [6.07, 6.45) is 4.88. The maximum absolute atomic E-state index is 5.92. The average Bonchev–Trinajstić information content (AvgIpc) is 3.31. The quantitative estimate of drug-likeness (QED) is 0.639. The average molecular weight is 369 g/mol. The molecule has 3 heterocycles. The van der Waals surface area contributed by atoms with Crippen LogP contribution in [0.1, 0.15) is 43.2 Å². The Kier molecular flexibility index (Phi) is 5.32. The molecule has 136 valence electrons. The van der Waals surface area contributed by atoms with E-state index in [0.29, 0.717) is 24.4 Å². The highest BCUT2D eigenvalue weighted by molar-refractivity contribution is 7.13. The number of nitrogens with zero attached hydrogens (tertiary/aromatic N) is 3. The Labute approximate surface area is 157 Å². The zero-order valence-corrected chi connectivity index (χ0v) is 15.7. The summed E-state index contributed by atoms with van der Waals surface area (Å²) >= 11 is 1.62. The van der Waals surface area contributed by atoms with E-state index in [1.54, 1.807) is 18.4 Å². The summed E-state index contributed by atoms with van der Waals surface area (Å²) in [7, 11) is 1.70. The molecule has 1 saturated heterocycles. The number of rotatable bonds is 5. The van der Waals surface area contributed by atoms with Crippen LogP contribution in [0.4, 0.5) is 0 Å². The fourth-order valence-corrected chi connectivity index (χ4v) is 4.20. The summed E-state index contributed by atoms with van der Waals surface area (Å²) in [5.74, 6) is 2.20. The van der Waals surface area contributed by atoms with Crippen LogP contribution in [0.25, 0.3) is 10.8 Å². The van der Waals surface area contributed by atoms with Crippen LogP contribution in [0.5, 0.6) is 5.75 Å². The number of benzene rings is 1. The van der Waals surface area contributed by atoms with Gasteiger partial charge >= 0.3 is 0 Å². The summed E-state index contributed by atoms with van der Waals surface area (Å²) in [4.78, 5) is 3.49. The van der Waals surface area contributed by atoms with Crippen LogP contribution in [0.2, 0.25) is 0 Å². The molecule has 0 amide bonds. The summed E-state index contributed by atoms with van der Waals surface area (Å²) in [6, 6.07) is 12.8. The summed E-state index contributed by atoms with van der Waals surface area (Å²) in [6.45, 7) is 1.74. The normalized spacial score (nSPS) is 18.6. The Morgan fingerprint density at radius 2 is 2.04 bits per heavy atom. The standard InChI is InChI=1S/C20H23N3O2S/c1-24-16-10-8-15(9-11-16)17-6-3-2-4-12-23(17)14-19-21-22-20(25-19)18-7-5-13-26-18/h5,7-11,13,17H,2-4,6,12,14H2,1H3. The molecular formula is C20H23N3O2S. The van der Waals surface area contributed by atoms with Crippen molar-refractivity contribution in [3.63, 3.8) is 0 Å². The molecule has 0 saturated carbocycles. The van der Waals surface area contributed by atoms with E-state index in [0.717, 1.165) is 23.6 Å². The van der Waals surface area contributed by atoms with Gasteiger partial charge in [-0.1, -0.05) is 31.0 Å². The maximum atomic E-state index is 5.92. The van der Waals surface area contributed by atoms with Crippen LogP contribution in [0.3, 0.4) is 0 Å². The van der Waals surface area contributed by atoms with Crippen LogP contribution in [-0.4, -0.2) is 28.8 Å². The number of hydrogen-bond donors (Lipinski definition) is 0. The highest BCUT2D eigenvalue weighted by Gasteiger charge is 2.24. The van der Waals surface area contributed by atoms with Gasteiger partial charge in [-0.2, -0.15) is 0 Å². The first-order valence-corrected chi connectivity index (χ1v) is 9.96. The van der Waals surface area contributed by atoms with E-state index in [1.165, 1.54) is 24.8 Å². The molecule has 1 aromatic carbocycles. The van der Waals surface area contributed by atoms with Crippen LogP contribution in [0, 0.1) is 0 Å². The zero-order valence-electron chi connectivity index (χ0n) is 14.9. The van der Waals surface area contributed by atoms with Gasteiger partial charge in [-0.15, -0.1) is 21.5 Å². The number of ether oxygens (including phenoxy) is 1. The molecule has 0 spiro atoms. The van der Waals surface area contributed by atoms with E-state index in [1.807, 2.05) is 29.6 Å². The molecule has 2 aromatic heterocycles. The molecule has 1 aliphatic rings. The van der Waals surface area contributed by atoms with Gasteiger partial charge in [0.1, 0.15) is 5.75 Å². The Morgan fingerprint density at radius 1 is 1.15 bits per heavy atom. The van der Waals surface area contributed by atoms with Crippen molar-refractivity contribution >= 4 is 11.3 Å². The molecule has 6 heteroatoms. The Morgan fingerprint density at radius 3 is 2.81 bits per heavy atom. The molecule has 1 aliphatic heterocycles. The van der Waals surface area contributed by atoms with Crippen molar-refractivity contribution in [2.24, 2.45) is 0 Å². The molecular weight excluding hydrogens is 346 g/mol. The second kappa shape index (κ2) is 8.01. The summed E-state index contributed by atoms with van der Waals surface area (Å²) in [5.41, 5.74) is 1.32. The van der Waals surface area contributed by atoms with Crippen LogP contribution >= 0.6 is 11.3 Å². The highest BCUT2D eigenvalue weighted by atomic mass is 32.1. The van der Waals surface area contributed by atoms with Crippen LogP contribution in [0.15, 0.2) is 46.2 Å². The Hall–Kier alpha value is -2.18. The maximum Gasteiger partial charge on any atom is 0.257 e. The van der Waals surface area contributed by atoms with Gasteiger partial charge in [0.25, 0.3) is 5.89 Å². The fraction of sp³-hybridized carbons (Fsp3) is 0.400. The summed E-state index contributed by atoms with van der Waals surface area (Å²) < 4.78 is 11.2. The van der Waals surface area contributed by atoms with E-state index in [2.05, 4.69) is 27.2 Å². The highest BCUT2D eigenvalue weighted by Crippen LogP contribution is 2.32. The molecule has 1 unspecified atom stereocenters. The lowest BCUT2D eigenvalue weighted by atomic mass is 10.0. The molecule has 4 rings (SSSR count). The molecule has 0 radical (unpaired) electrons. The molecule has 1 atom stereocenters. The lowest BCUT2D eigenvalue weighted by Gasteiger charge is -2.29. The van der Waals surface area contributed by atoms with Gasteiger partial charge < -0.3 is 9.15 Å². The van der Waals surface area contributed by atoms with E-state index in [4.69, 9.17) is 9.15 Å². The monoisotopic (exact) mass is 369 g/mol. The lowest BCUT2D eigenvalue weighted by molar-refractivity contribution is 0.175. The van der Waals surface area contributed by atoms with Crippen molar-refractivity contribution in [2.45, 2.75) is 38.3 Å². The van der Waals surface area contributed by atoms with E-state index < -0.39 is 0 Å². The molecule has 1 fully saturated rings. The van der Waals surface area contributed by atoms with Crippen molar-refractivity contribution in [3.05, 3.63) is 53.2 Å². The predicted octanol–water partition coefficient (Wildman–Crippen LogP) is 4.92. The van der Waals surface area contributed by atoms with Gasteiger partial charge in [-0.25, -0.2) is 0 Å². The topological polar surface area (TPSA) is 51.4 Å². The van der Waals surface area contributed by atoms with E-state index in [9.17, 15) is 0 Å². The summed E-state index contributed by atoms with van der Waals surface area (Å²) in [5, 5.41) is 10.5. The molecule has 0 bridgehead atoms. The van der Waals surface area contributed by atoms with Gasteiger partial charge in [-0.05, 0) is 48.5 Å². The van der Waals surface area contributed by atoms with Gasteiger partial charge in [0.05, 0.1) is 18.5 Å². The van der Waals surface area contributed by atoms with Crippen molar-refractivity contribution in [3.8, 4) is 16.5 Å². The minimum absolute atomic E-state index is 0.375. The van der Waals surface area contributed by atoms with Gasteiger partial charge in [0.2, 0.25) is 5.89 Å². The first-order valence-electron chi connectivity index (χ1n) is 9.08. The Bertz CT molecular complexity index is 814. The van der Waals surface area contributed by atoms with Crippen molar-refractivity contribution in [2.75, 3.05) is 13.7 Å². The smallest absolute Gasteiger partial charge is 0.257 e. The molecule has 3 aromatic rings.